The molecule has 1 aliphatic heterocycles. The Bertz CT molecular complexity index is 1150. The van der Waals surface area contributed by atoms with Crippen molar-refractivity contribution in [2.45, 2.75) is 19.4 Å². The zero-order valence-electron chi connectivity index (χ0n) is 17.5. The van der Waals surface area contributed by atoms with Crippen LogP contribution >= 0.6 is 0 Å². The van der Waals surface area contributed by atoms with Crippen molar-refractivity contribution in [2.75, 3.05) is 30.4 Å². The maximum absolute atomic E-state index is 13.2. The molecule has 0 radical (unpaired) electrons. The highest BCUT2D eigenvalue weighted by molar-refractivity contribution is 6.09. The first kappa shape index (κ1) is 21.4. The quantitative estimate of drug-likeness (QED) is 0.420. The van der Waals surface area contributed by atoms with E-state index in [0.29, 0.717) is 34.2 Å². The Morgan fingerprint density at radius 1 is 1.19 bits per heavy atom. The number of carbonyl (C=O) groups excluding carboxylic acids is 1. The number of anilines is 2. The SMILES string of the molecule is COc1ccc(NC(=O)c2cc([N+](=O)[O-])ccc2N2CCCC2)cc1-c1ccc(CO)o1. The highest BCUT2D eigenvalue weighted by Crippen LogP contribution is 2.35. The molecule has 32 heavy (non-hydrogen) atoms. The smallest absolute Gasteiger partial charge is 0.270 e. The van der Waals surface area contributed by atoms with E-state index in [4.69, 9.17) is 9.15 Å². The normalized spacial score (nSPS) is 13.2. The summed E-state index contributed by atoms with van der Waals surface area (Å²) in [6.07, 6.45) is 2.03. The number of amides is 1. The minimum absolute atomic E-state index is 0.138. The van der Waals surface area contributed by atoms with Crippen LogP contribution < -0.4 is 15.0 Å². The molecule has 0 aliphatic carbocycles. The van der Waals surface area contributed by atoms with Crippen LogP contribution in [0.15, 0.2) is 52.9 Å². The summed E-state index contributed by atoms with van der Waals surface area (Å²) < 4.78 is 11.0. The fourth-order valence-electron chi connectivity index (χ4n) is 3.84. The summed E-state index contributed by atoms with van der Waals surface area (Å²) in [5.74, 6) is 0.982. The average Bonchev–Trinajstić information content (AvgIpc) is 3.51. The highest BCUT2D eigenvalue weighted by atomic mass is 16.6. The number of aliphatic hydroxyl groups excluding tert-OH is 1. The van der Waals surface area contributed by atoms with Gasteiger partial charge >= 0.3 is 0 Å². The third kappa shape index (κ3) is 4.28. The van der Waals surface area contributed by atoms with E-state index in [1.165, 1.54) is 19.2 Å². The zero-order valence-corrected chi connectivity index (χ0v) is 17.5. The van der Waals surface area contributed by atoms with Gasteiger partial charge in [0.05, 0.1) is 28.8 Å². The lowest BCUT2D eigenvalue weighted by molar-refractivity contribution is -0.384. The molecule has 2 heterocycles. The van der Waals surface area contributed by atoms with Gasteiger partial charge in [0.1, 0.15) is 23.9 Å². The molecule has 1 amide bonds. The third-order valence-corrected chi connectivity index (χ3v) is 5.42. The lowest BCUT2D eigenvalue weighted by Gasteiger charge is -2.21. The number of nitro groups is 1. The van der Waals surface area contributed by atoms with E-state index in [-0.39, 0.29) is 17.9 Å². The molecule has 1 saturated heterocycles. The Hall–Kier alpha value is -3.85. The lowest BCUT2D eigenvalue weighted by atomic mass is 10.1. The molecule has 166 valence electrons. The van der Waals surface area contributed by atoms with Crippen LogP contribution in [0.2, 0.25) is 0 Å². The number of hydrogen-bond donors (Lipinski definition) is 2. The third-order valence-electron chi connectivity index (χ3n) is 5.42. The summed E-state index contributed by atoms with van der Waals surface area (Å²) in [5.41, 5.74) is 1.87. The number of ether oxygens (including phenoxy) is 1. The predicted octanol–water partition coefficient (Wildman–Crippen LogP) is 4.21. The summed E-state index contributed by atoms with van der Waals surface area (Å²) in [4.78, 5) is 26.0. The summed E-state index contributed by atoms with van der Waals surface area (Å²) in [5, 5.41) is 23.4. The van der Waals surface area contributed by atoms with E-state index in [2.05, 4.69) is 10.2 Å². The molecule has 4 rings (SSSR count). The number of furan rings is 1. The maximum Gasteiger partial charge on any atom is 0.270 e. The Kier molecular flexibility index (Phi) is 6.09. The van der Waals surface area contributed by atoms with E-state index in [1.807, 2.05) is 0 Å². The number of rotatable bonds is 7. The number of nitro benzene ring substituents is 1. The summed E-state index contributed by atoms with van der Waals surface area (Å²) in [6, 6.07) is 12.8. The van der Waals surface area contributed by atoms with Crippen LogP contribution in [-0.4, -0.2) is 36.1 Å². The number of benzene rings is 2. The largest absolute Gasteiger partial charge is 0.496 e. The van der Waals surface area contributed by atoms with Crippen molar-refractivity contribution < 1.29 is 24.0 Å². The monoisotopic (exact) mass is 437 g/mol. The van der Waals surface area contributed by atoms with Crippen molar-refractivity contribution >= 4 is 23.0 Å². The number of hydrogen-bond acceptors (Lipinski definition) is 7. The Balaban J connectivity index is 1.67. The van der Waals surface area contributed by atoms with Crippen molar-refractivity contribution in [3.8, 4) is 17.1 Å². The molecule has 1 aromatic heterocycles. The summed E-state index contributed by atoms with van der Waals surface area (Å²) >= 11 is 0. The Morgan fingerprint density at radius 3 is 2.62 bits per heavy atom. The topological polar surface area (TPSA) is 118 Å². The molecule has 9 nitrogen and oxygen atoms in total. The van der Waals surface area contributed by atoms with Gasteiger partial charge in [0.25, 0.3) is 11.6 Å². The molecule has 0 atom stereocenters. The molecule has 1 aliphatic rings. The second-order valence-corrected chi connectivity index (χ2v) is 7.45. The van der Waals surface area contributed by atoms with Crippen LogP contribution in [0.4, 0.5) is 17.1 Å². The van der Waals surface area contributed by atoms with Crippen LogP contribution in [0, 0.1) is 10.1 Å². The van der Waals surface area contributed by atoms with Crippen molar-refractivity contribution in [3.05, 3.63) is 70.0 Å². The van der Waals surface area contributed by atoms with Crippen molar-refractivity contribution in [2.24, 2.45) is 0 Å². The lowest BCUT2D eigenvalue weighted by Crippen LogP contribution is -2.23. The molecule has 1 fully saturated rings. The molecule has 0 spiro atoms. The molecular formula is C23H23N3O6. The van der Waals surface area contributed by atoms with Crippen molar-refractivity contribution in [3.63, 3.8) is 0 Å². The number of non-ortho nitro benzene ring substituents is 1. The minimum Gasteiger partial charge on any atom is -0.496 e. The van der Waals surface area contributed by atoms with Gasteiger partial charge < -0.3 is 24.5 Å². The first-order valence-electron chi connectivity index (χ1n) is 10.2. The van der Waals surface area contributed by atoms with Gasteiger partial charge in [-0.1, -0.05) is 0 Å². The first-order chi connectivity index (χ1) is 15.5. The number of carbonyl (C=O) groups is 1. The van der Waals surface area contributed by atoms with Gasteiger partial charge in [0, 0.05) is 30.9 Å². The maximum atomic E-state index is 13.2. The highest BCUT2D eigenvalue weighted by Gasteiger charge is 2.23. The van der Waals surface area contributed by atoms with Crippen LogP contribution in [0.1, 0.15) is 29.0 Å². The number of nitrogens with zero attached hydrogens (tertiary/aromatic N) is 2. The van der Waals surface area contributed by atoms with Crippen LogP contribution in [-0.2, 0) is 6.61 Å². The van der Waals surface area contributed by atoms with Crippen molar-refractivity contribution in [1.82, 2.24) is 0 Å². The minimum atomic E-state index is -0.508. The zero-order chi connectivity index (χ0) is 22.7. The van der Waals surface area contributed by atoms with E-state index in [9.17, 15) is 20.0 Å². The molecule has 9 heteroatoms. The molecule has 3 aromatic rings. The molecule has 2 aromatic carbocycles. The van der Waals surface area contributed by atoms with Gasteiger partial charge in [-0.05, 0) is 49.2 Å². The van der Waals surface area contributed by atoms with Gasteiger partial charge in [-0.2, -0.15) is 0 Å². The van der Waals surface area contributed by atoms with Crippen LogP contribution in [0.25, 0.3) is 11.3 Å². The fraction of sp³-hybridized carbons (Fsp3) is 0.261. The van der Waals surface area contributed by atoms with Gasteiger partial charge in [-0.25, -0.2) is 0 Å². The molecular weight excluding hydrogens is 414 g/mol. The van der Waals surface area contributed by atoms with Gasteiger partial charge in [-0.15, -0.1) is 0 Å². The molecule has 0 bridgehead atoms. The van der Waals surface area contributed by atoms with Gasteiger partial charge in [-0.3, -0.25) is 14.9 Å². The average molecular weight is 437 g/mol. The fourth-order valence-corrected chi connectivity index (χ4v) is 3.84. The van der Waals surface area contributed by atoms with Gasteiger partial charge in [0.15, 0.2) is 0 Å². The number of nitrogens with one attached hydrogen (secondary N) is 1. The summed E-state index contributed by atoms with van der Waals surface area (Å²) in [6.45, 7) is 1.37. The first-order valence-corrected chi connectivity index (χ1v) is 10.2. The molecule has 0 unspecified atom stereocenters. The van der Waals surface area contributed by atoms with E-state index in [1.54, 1.807) is 36.4 Å². The number of aliphatic hydroxyl groups is 1. The Labute approximate surface area is 184 Å². The van der Waals surface area contributed by atoms with Gasteiger partial charge in [0.2, 0.25) is 0 Å². The summed E-state index contributed by atoms with van der Waals surface area (Å²) in [7, 11) is 1.53. The Morgan fingerprint density at radius 2 is 1.97 bits per heavy atom. The molecule has 2 N–H and O–H groups in total. The predicted molar refractivity (Wildman–Crippen MR) is 119 cm³/mol. The van der Waals surface area contributed by atoms with Crippen LogP contribution in [0.3, 0.4) is 0 Å². The second-order valence-electron chi connectivity index (χ2n) is 7.45. The number of methoxy groups -OCH3 is 1. The van der Waals surface area contributed by atoms with Crippen molar-refractivity contribution in [1.29, 1.82) is 0 Å². The standard InChI is InChI=1S/C23H23N3O6/c1-31-21-8-4-15(12-19(21)22-9-6-17(14-27)32-22)24-23(28)18-13-16(26(29)30)5-7-20(18)25-10-2-3-11-25/h4-9,12-13,27H,2-3,10-11,14H2,1H3,(H,24,28). The van der Waals surface area contributed by atoms with E-state index >= 15 is 0 Å². The van der Waals surface area contributed by atoms with Crippen LogP contribution in [0.5, 0.6) is 5.75 Å². The second kappa shape index (κ2) is 9.11. The van der Waals surface area contributed by atoms with E-state index < -0.39 is 10.8 Å². The van der Waals surface area contributed by atoms with E-state index in [0.717, 1.165) is 25.9 Å². The molecule has 0 saturated carbocycles.